The summed E-state index contributed by atoms with van der Waals surface area (Å²) >= 11 is 3.41. The topological polar surface area (TPSA) is 118 Å². The van der Waals surface area contributed by atoms with Crippen molar-refractivity contribution in [2.24, 2.45) is 0 Å². The first-order valence-corrected chi connectivity index (χ1v) is 17.1. The van der Waals surface area contributed by atoms with Gasteiger partial charge in [0.05, 0.1) is 41.5 Å². The maximum absolute atomic E-state index is 10.7. The monoisotopic (exact) mass is 731 g/mol. The number of carbonyl (C=O) groups is 1. The molecule has 0 bridgehead atoms. The smallest absolute Gasteiger partial charge is 0.302 e. The van der Waals surface area contributed by atoms with E-state index in [1.807, 2.05) is 121 Å². The maximum Gasteiger partial charge on any atom is 0.302 e. The molecule has 0 aromatic heterocycles. The quantitative estimate of drug-likeness (QED) is 0.129. The summed E-state index contributed by atoms with van der Waals surface area (Å²) in [5.74, 6) is -0.293. The maximum atomic E-state index is 10.7. The number of hydrogen-bond donors (Lipinski definition) is 1. The van der Waals surface area contributed by atoms with Crippen molar-refractivity contribution < 1.29 is 14.6 Å². The number of aliphatic hydroxyl groups is 1. The molecule has 6 nitrogen and oxygen atoms in total. The zero-order valence-corrected chi connectivity index (χ0v) is 29.5. The zero-order chi connectivity index (χ0) is 36.4. The average molecular weight is 733 g/mol. The Bertz CT molecular complexity index is 2070. The van der Waals surface area contributed by atoms with Crippen molar-refractivity contribution in [2.45, 2.75) is 25.5 Å². The second kappa shape index (κ2) is 19.6. The van der Waals surface area contributed by atoms with E-state index in [1.54, 1.807) is 12.1 Å². The van der Waals surface area contributed by atoms with Gasteiger partial charge in [0.15, 0.2) is 0 Å². The van der Waals surface area contributed by atoms with Gasteiger partial charge >= 0.3 is 5.97 Å². The first-order valence-electron chi connectivity index (χ1n) is 16.0. The third kappa shape index (κ3) is 10.8. The number of ether oxygens (including phenoxy) is 1. The molecule has 6 aromatic rings. The van der Waals surface area contributed by atoms with Crippen LogP contribution in [0.4, 0.5) is 0 Å². The van der Waals surface area contributed by atoms with Crippen LogP contribution in [0.2, 0.25) is 0 Å². The van der Waals surface area contributed by atoms with E-state index in [4.69, 9.17) is 25.6 Å². The number of nitrogens with zero attached hydrogens (tertiary/aromatic N) is 3. The van der Waals surface area contributed by atoms with Crippen LogP contribution in [0.25, 0.3) is 33.4 Å². The van der Waals surface area contributed by atoms with E-state index in [0.29, 0.717) is 16.7 Å². The molecule has 0 saturated carbocycles. The van der Waals surface area contributed by atoms with Crippen molar-refractivity contribution in [3.05, 3.63) is 179 Å². The molecular formula is C44H34BrN3O3. The highest BCUT2D eigenvalue weighted by atomic mass is 79.9. The molecule has 0 amide bonds. The molecule has 0 fully saturated rings. The molecule has 250 valence electrons. The van der Waals surface area contributed by atoms with Crippen molar-refractivity contribution in [2.75, 3.05) is 0 Å². The van der Waals surface area contributed by atoms with Crippen LogP contribution >= 0.6 is 15.9 Å². The lowest BCUT2D eigenvalue weighted by Gasteiger charge is -2.06. The Balaban J connectivity index is 0.000000172. The molecule has 0 heterocycles. The number of alkyl halides is 1. The predicted molar refractivity (Wildman–Crippen MR) is 204 cm³/mol. The number of rotatable bonds is 7. The second-order valence-corrected chi connectivity index (χ2v) is 11.7. The van der Waals surface area contributed by atoms with Crippen LogP contribution in [0, 0.1) is 34.0 Å². The molecule has 0 unspecified atom stereocenters. The molecule has 0 saturated heterocycles. The Kier molecular flexibility index (Phi) is 14.4. The van der Waals surface area contributed by atoms with Crippen LogP contribution in [0.15, 0.2) is 146 Å². The number of esters is 1. The summed E-state index contributed by atoms with van der Waals surface area (Å²) in [6, 6.07) is 52.6. The Morgan fingerprint density at radius 1 is 0.549 bits per heavy atom. The van der Waals surface area contributed by atoms with Gasteiger partial charge in [0, 0.05) is 12.3 Å². The van der Waals surface area contributed by atoms with Crippen molar-refractivity contribution in [3.8, 4) is 51.6 Å². The Morgan fingerprint density at radius 2 is 0.882 bits per heavy atom. The SMILES string of the molecule is CC(=O)OCc1ccc(-c2ccccc2C#N)cc1.N#Cc1ccccc1-c1ccc(CBr)cc1.N#Cc1ccccc1-c1ccc(CO)cc1. The van der Waals surface area contributed by atoms with Crippen molar-refractivity contribution in [1.82, 2.24) is 0 Å². The first kappa shape index (κ1) is 37.5. The summed E-state index contributed by atoms with van der Waals surface area (Å²) in [6.07, 6.45) is 0. The largest absolute Gasteiger partial charge is 0.461 e. The van der Waals surface area contributed by atoms with Crippen LogP contribution in [0.1, 0.15) is 40.3 Å². The van der Waals surface area contributed by atoms with E-state index in [9.17, 15) is 4.79 Å². The second-order valence-electron chi connectivity index (χ2n) is 11.1. The van der Waals surface area contributed by atoms with Gasteiger partial charge in [-0.15, -0.1) is 0 Å². The molecule has 0 atom stereocenters. The van der Waals surface area contributed by atoms with E-state index < -0.39 is 0 Å². The van der Waals surface area contributed by atoms with Crippen LogP contribution < -0.4 is 0 Å². The predicted octanol–water partition coefficient (Wildman–Crippen LogP) is 10.1. The normalized spacial score (nSPS) is 9.73. The molecule has 0 aliphatic heterocycles. The fourth-order valence-corrected chi connectivity index (χ4v) is 5.40. The van der Waals surface area contributed by atoms with Gasteiger partial charge in [-0.3, -0.25) is 4.79 Å². The molecule has 0 spiro atoms. The fraction of sp³-hybridized carbons (Fsp3) is 0.0909. The molecule has 51 heavy (non-hydrogen) atoms. The van der Waals surface area contributed by atoms with E-state index in [-0.39, 0.29) is 19.2 Å². The van der Waals surface area contributed by atoms with Gasteiger partial charge in [0.2, 0.25) is 0 Å². The standard InChI is InChI=1S/C16H13NO2.C14H10BrN.C14H11NO/c1-12(18)19-11-13-6-8-14(9-7-13)16-5-3-2-4-15(16)10-17;15-9-11-5-7-12(8-6-11)14-4-2-1-3-13(14)10-16;15-9-13-3-1-2-4-14(13)12-7-5-11(10-16)6-8-12/h2-9H,11H2,1H3;1-8H,9H2;1-8,16H,10H2. The van der Waals surface area contributed by atoms with Crippen LogP contribution in [0.3, 0.4) is 0 Å². The molecular weight excluding hydrogens is 698 g/mol. The lowest BCUT2D eigenvalue weighted by molar-refractivity contribution is -0.142. The molecule has 0 aliphatic carbocycles. The summed E-state index contributed by atoms with van der Waals surface area (Å²) in [5.41, 5.74) is 10.9. The number of aliphatic hydroxyl groups excluding tert-OH is 1. The summed E-state index contributed by atoms with van der Waals surface area (Å²) in [5, 5.41) is 36.9. The lowest BCUT2D eigenvalue weighted by atomic mass is 9.99. The number of hydrogen-bond acceptors (Lipinski definition) is 6. The number of carbonyl (C=O) groups excluding carboxylic acids is 1. The first-order chi connectivity index (χ1) is 24.9. The zero-order valence-electron chi connectivity index (χ0n) is 28.0. The highest BCUT2D eigenvalue weighted by Crippen LogP contribution is 2.26. The van der Waals surface area contributed by atoms with Gasteiger partial charge in [0.1, 0.15) is 6.61 Å². The molecule has 0 radical (unpaired) electrons. The fourth-order valence-electron chi connectivity index (χ4n) is 5.03. The van der Waals surface area contributed by atoms with Crippen LogP contribution in [-0.4, -0.2) is 11.1 Å². The third-order valence-corrected chi connectivity index (χ3v) is 8.36. The van der Waals surface area contributed by atoms with E-state index in [2.05, 4.69) is 46.3 Å². The molecule has 6 rings (SSSR count). The van der Waals surface area contributed by atoms with Gasteiger partial charge in [-0.25, -0.2) is 0 Å². The van der Waals surface area contributed by atoms with Crippen molar-refractivity contribution in [3.63, 3.8) is 0 Å². The number of benzene rings is 6. The van der Waals surface area contributed by atoms with Crippen LogP contribution in [-0.2, 0) is 28.1 Å². The Hall–Kier alpha value is -6.30. The molecule has 1 N–H and O–H groups in total. The summed E-state index contributed by atoms with van der Waals surface area (Å²) in [6.45, 7) is 1.70. The molecule has 7 heteroatoms. The van der Waals surface area contributed by atoms with Gasteiger partial charge in [-0.2, -0.15) is 15.8 Å². The average Bonchev–Trinajstić information content (AvgIpc) is 3.20. The van der Waals surface area contributed by atoms with Gasteiger partial charge in [-0.1, -0.05) is 143 Å². The van der Waals surface area contributed by atoms with Gasteiger partial charge in [0.25, 0.3) is 0 Å². The molecule has 6 aromatic carbocycles. The van der Waals surface area contributed by atoms with Crippen molar-refractivity contribution >= 4 is 21.9 Å². The van der Waals surface area contributed by atoms with Gasteiger partial charge < -0.3 is 9.84 Å². The lowest BCUT2D eigenvalue weighted by Crippen LogP contribution is -1.98. The Labute approximate surface area is 307 Å². The Morgan fingerprint density at radius 3 is 1.20 bits per heavy atom. The van der Waals surface area contributed by atoms with Gasteiger partial charge in [-0.05, 0) is 68.3 Å². The third-order valence-electron chi connectivity index (χ3n) is 7.72. The van der Waals surface area contributed by atoms with Crippen LogP contribution in [0.5, 0.6) is 0 Å². The van der Waals surface area contributed by atoms with E-state index in [0.717, 1.165) is 49.8 Å². The number of halogens is 1. The minimum Gasteiger partial charge on any atom is -0.461 e. The summed E-state index contributed by atoms with van der Waals surface area (Å²) in [4.78, 5) is 10.7. The number of nitriles is 3. The highest BCUT2D eigenvalue weighted by molar-refractivity contribution is 9.08. The highest BCUT2D eigenvalue weighted by Gasteiger charge is 2.06. The van der Waals surface area contributed by atoms with E-state index >= 15 is 0 Å². The molecule has 0 aliphatic rings. The summed E-state index contributed by atoms with van der Waals surface area (Å²) in [7, 11) is 0. The minimum atomic E-state index is -0.293. The minimum absolute atomic E-state index is 0.0418. The summed E-state index contributed by atoms with van der Waals surface area (Å²) < 4.78 is 4.93. The van der Waals surface area contributed by atoms with E-state index in [1.165, 1.54) is 12.5 Å². The van der Waals surface area contributed by atoms with Crippen molar-refractivity contribution in [1.29, 1.82) is 15.8 Å².